The van der Waals surface area contributed by atoms with E-state index in [9.17, 15) is 18.8 Å². The Labute approximate surface area is 218 Å². The third-order valence-corrected chi connectivity index (χ3v) is 6.88. The van der Waals surface area contributed by atoms with Crippen LogP contribution in [0.1, 0.15) is 37.5 Å². The molecule has 3 heterocycles. The van der Waals surface area contributed by atoms with Crippen molar-refractivity contribution in [3.05, 3.63) is 101 Å². The van der Waals surface area contributed by atoms with Crippen molar-refractivity contribution in [1.29, 1.82) is 0 Å². The number of nitrogens with one attached hydrogen (secondary N) is 1. The number of primary amides is 1. The first-order valence-corrected chi connectivity index (χ1v) is 12.3. The van der Waals surface area contributed by atoms with E-state index in [1.807, 2.05) is 36.4 Å². The third-order valence-electron chi connectivity index (χ3n) is 6.88. The van der Waals surface area contributed by atoms with Gasteiger partial charge in [0.25, 0.3) is 5.91 Å². The maximum absolute atomic E-state index is 14.5. The molecule has 0 saturated carbocycles. The van der Waals surface area contributed by atoms with E-state index in [4.69, 9.17) is 5.73 Å². The van der Waals surface area contributed by atoms with Crippen molar-refractivity contribution in [2.45, 2.75) is 13.3 Å². The summed E-state index contributed by atoms with van der Waals surface area (Å²) in [6, 6.07) is 17.8. The average Bonchev–Trinajstić information content (AvgIpc) is 3.24. The number of piperazine rings is 1. The molecule has 0 radical (unpaired) electrons. The largest absolute Gasteiger partial charge is 0.412 e. The molecule has 3 N–H and O–H groups in total. The van der Waals surface area contributed by atoms with Gasteiger partial charge >= 0.3 is 12.1 Å². The van der Waals surface area contributed by atoms with E-state index < -0.39 is 12.1 Å². The molecule has 0 atom stereocenters. The van der Waals surface area contributed by atoms with Crippen LogP contribution in [0.4, 0.5) is 9.18 Å². The van der Waals surface area contributed by atoms with E-state index in [1.165, 1.54) is 18.3 Å². The number of aromatic nitrogens is 1. The number of hydrogen-bond donors (Lipinski definition) is 2. The van der Waals surface area contributed by atoms with E-state index >= 15 is 0 Å². The van der Waals surface area contributed by atoms with Gasteiger partial charge < -0.3 is 25.1 Å². The van der Waals surface area contributed by atoms with Crippen LogP contribution in [-0.2, 0) is 11.2 Å². The number of carbonyl (C=O) groups is 3. The molecular formula is C29H27FN4O4. The van der Waals surface area contributed by atoms with Crippen LogP contribution in [0.2, 0.25) is 0 Å². The minimum atomic E-state index is -1.22. The number of halogens is 1. The second kappa shape index (κ2) is 10.5. The van der Waals surface area contributed by atoms with E-state index in [0.717, 1.165) is 16.7 Å². The molecule has 8 nitrogen and oxygen atoms in total. The molecule has 1 fully saturated rings. The molecular weight excluding hydrogens is 487 g/mol. The Morgan fingerprint density at radius 3 is 2.45 bits per heavy atom. The van der Waals surface area contributed by atoms with Gasteiger partial charge in [-0.25, -0.2) is 14.0 Å². The van der Waals surface area contributed by atoms with Gasteiger partial charge in [-0.1, -0.05) is 42.5 Å². The maximum atomic E-state index is 14.5. The maximum Gasteiger partial charge on any atom is 0.412 e. The highest BCUT2D eigenvalue weighted by atomic mass is 19.1. The van der Waals surface area contributed by atoms with E-state index in [0.29, 0.717) is 54.9 Å². The first-order chi connectivity index (χ1) is 18.3. The number of pyridine rings is 1. The molecule has 0 spiro atoms. The summed E-state index contributed by atoms with van der Waals surface area (Å²) < 4.78 is 20.8. The van der Waals surface area contributed by atoms with Crippen molar-refractivity contribution in [3.63, 3.8) is 0 Å². The fraction of sp³-hybridized carbons (Fsp3) is 0.207. The lowest BCUT2D eigenvalue weighted by atomic mass is 9.93. The molecule has 1 saturated heterocycles. The average molecular weight is 515 g/mol. The molecule has 1 aliphatic heterocycles. The number of hydrogen-bond acceptors (Lipinski definition) is 5. The minimum absolute atomic E-state index is 0.0637. The minimum Gasteiger partial charge on any atom is -0.373 e. The Kier molecular flexibility index (Phi) is 6.93. The van der Waals surface area contributed by atoms with Crippen LogP contribution in [0, 0.1) is 12.7 Å². The number of esters is 1. The van der Waals surface area contributed by atoms with Gasteiger partial charge in [-0.05, 0) is 47.4 Å². The van der Waals surface area contributed by atoms with Crippen LogP contribution in [0.15, 0.2) is 66.9 Å². The van der Waals surface area contributed by atoms with Crippen LogP contribution in [0.5, 0.6) is 0 Å². The Hall–Kier alpha value is -4.50. The topological polar surface area (TPSA) is 106 Å². The highest BCUT2D eigenvalue weighted by Crippen LogP contribution is 2.37. The Bertz CT molecular complexity index is 1540. The number of fused-ring (bicyclic) bond motifs is 1. The lowest BCUT2D eigenvalue weighted by Crippen LogP contribution is -2.46. The molecule has 2 aromatic heterocycles. The Morgan fingerprint density at radius 1 is 1.00 bits per heavy atom. The van der Waals surface area contributed by atoms with Gasteiger partial charge in [0, 0.05) is 44.4 Å². The van der Waals surface area contributed by atoms with Crippen LogP contribution >= 0.6 is 0 Å². The fourth-order valence-corrected chi connectivity index (χ4v) is 4.96. The molecule has 5 rings (SSSR count). The highest BCUT2D eigenvalue weighted by Gasteiger charge is 2.29. The molecule has 0 unspecified atom stereocenters. The zero-order valence-electron chi connectivity index (χ0n) is 20.9. The summed E-state index contributed by atoms with van der Waals surface area (Å²) in [5.74, 6) is -1.44. The van der Waals surface area contributed by atoms with Crippen molar-refractivity contribution in [2.24, 2.45) is 5.73 Å². The number of nitrogens with two attached hydrogens (primary N) is 1. The number of ether oxygens (including phenoxy) is 1. The second-order valence-electron chi connectivity index (χ2n) is 9.19. The first-order valence-electron chi connectivity index (χ1n) is 12.3. The van der Waals surface area contributed by atoms with E-state index in [-0.39, 0.29) is 17.3 Å². The molecule has 1 aliphatic rings. The summed E-state index contributed by atoms with van der Waals surface area (Å²) in [6.45, 7) is 4.09. The van der Waals surface area contributed by atoms with Crippen LogP contribution in [0.25, 0.3) is 16.6 Å². The van der Waals surface area contributed by atoms with Gasteiger partial charge in [-0.15, -0.1) is 0 Å². The number of amides is 2. The fourth-order valence-electron chi connectivity index (χ4n) is 4.96. The standard InChI is InChI=1S/C29H27FN4O4/c1-18-20(8-5-9-23(18)30)16-22-25(19-6-3-2-4-7-19)24-11-10-21(28(36)38-29(31)37)17-34(24)26(22)27(35)33-14-12-32-13-15-33/h2-11,17,32H,12-16H2,1H3,(H2,31,37). The van der Waals surface area contributed by atoms with Gasteiger partial charge in [0.2, 0.25) is 0 Å². The first kappa shape index (κ1) is 25.2. The van der Waals surface area contributed by atoms with Gasteiger partial charge in [-0.3, -0.25) is 4.79 Å². The van der Waals surface area contributed by atoms with Gasteiger partial charge in [0.15, 0.2) is 0 Å². The molecule has 0 bridgehead atoms. The molecule has 2 aromatic carbocycles. The second-order valence-corrected chi connectivity index (χ2v) is 9.19. The number of rotatable bonds is 5. The monoisotopic (exact) mass is 514 g/mol. The normalized spacial score (nSPS) is 13.5. The van der Waals surface area contributed by atoms with E-state index in [2.05, 4.69) is 10.1 Å². The van der Waals surface area contributed by atoms with Gasteiger partial charge in [-0.2, -0.15) is 0 Å². The predicted octanol–water partition coefficient (Wildman–Crippen LogP) is 3.93. The molecule has 38 heavy (non-hydrogen) atoms. The summed E-state index contributed by atoms with van der Waals surface area (Å²) in [5.41, 5.74) is 9.83. The number of carbonyl (C=O) groups excluding carboxylic acids is 3. The lowest BCUT2D eigenvalue weighted by Gasteiger charge is -2.28. The van der Waals surface area contributed by atoms with Crippen molar-refractivity contribution in [3.8, 4) is 11.1 Å². The summed E-state index contributed by atoms with van der Waals surface area (Å²) >= 11 is 0. The highest BCUT2D eigenvalue weighted by molar-refractivity contribution is 6.02. The van der Waals surface area contributed by atoms with Crippen LogP contribution < -0.4 is 11.1 Å². The zero-order valence-corrected chi connectivity index (χ0v) is 20.9. The molecule has 2 amide bonds. The van der Waals surface area contributed by atoms with Crippen molar-refractivity contribution in [2.75, 3.05) is 26.2 Å². The molecule has 0 aliphatic carbocycles. The predicted molar refractivity (Wildman–Crippen MR) is 141 cm³/mol. The van der Waals surface area contributed by atoms with Gasteiger partial charge in [0.05, 0.1) is 11.1 Å². The molecule has 4 aromatic rings. The van der Waals surface area contributed by atoms with Crippen molar-refractivity contribution >= 4 is 23.5 Å². The number of nitrogens with zero attached hydrogens (tertiary/aromatic N) is 2. The van der Waals surface area contributed by atoms with Gasteiger partial charge in [0.1, 0.15) is 11.5 Å². The van der Waals surface area contributed by atoms with Crippen LogP contribution in [-0.4, -0.2) is 53.4 Å². The molecule has 194 valence electrons. The SMILES string of the molecule is Cc1c(F)cccc1Cc1c(-c2ccccc2)c2ccc(C(=O)OC(N)=O)cn2c1C(=O)N1CCNCC1. The molecule has 9 heteroatoms. The Balaban J connectivity index is 1.79. The number of benzene rings is 2. The summed E-state index contributed by atoms with van der Waals surface area (Å²) in [4.78, 5) is 39.6. The van der Waals surface area contributed by atoms with E-state index in [1.54, 1.807) is 28.4 Å². The smallest absolute Gasteiger partial charge is 0.373 e. The summed E-state index contributed by atoms with van der Waals surface area (Å²) in [7, 11) is 0. The van der Waals surface area contributed by atoms with Crippen molar-refractivity contribution in [1.82, 2.24) is 14.6 Å². The Morgan fingerprint density at radius 2 is 1.74 bits per heavy atom. The van der Waals surface area contributed by atoms with Crippen LogP contribution in [0.3, 0.4) is 0 Å². The quantitative estimate of drug-likeness (QED) is 0.310. The third kappa shape index (κ3) is 4.76. The zero-order chi connectivity index (χ0) is 26.8. The summed E-state index contributed by atoms with van der Waals surface area (Å²) in [5, 5.41) is 3.25. The van der Waals surface area contributed by atoms with Crippen molar-refractivity contribution < 1.29 is 23.5 Å². The lowest BCUT2D eigenvalue weighted by molar-refractivity contribution is 0.0635. The summed E-state index contributed by atoms with van der Waals surface area (Å²) in [6.07, 6.45) is 0.570.